The summed E-state index contributed by atoms with van der Waals surface area (Å²) in [7, 11) is 0. The number of nitrogen functional groups attached to an aromatic ring is 1. The van der Waals surface area contributed by atoms with Gasteiger partial charge in [-0.2, -0.15) is 0 Å². The number of ether oxygens (including phenoxy) is 1. The first-order chi connectivity index (χ1) is 10.2. The highest BCUT2D eigenvalue weighted by Gasteiger charge is 2.14. The van der Waals surface area contributed by atoms with Gasteiger partial charge in [-0.15, -0.1) is 0 Å². The van der Waals surface area contributed by atoms with Crippen LogP contribution < -0.4 is 10.5 Å². The maximum absolute atomic E-state index is 14.2. The summed E-state index contributed by atoms with van der Waals surface area (Å²) in [4.78, 5) is 4.15. The second-order valence-electron chi connectivity index (χ2n) is 4.58. The topological polar surface area (TPSA) is 68.4 Å². The molecule has 1 aromatic heterocycles. The van der Waals surface area contributed by atoms with Crippen LogP contribution in [-0.2, 0) is 6.61 Å². The number of aromatic nitrogens is 1. The maximum atomic E-state index is 14.2. The first-order valence-corrected chi connectivity index (χ1v) is 6.39. The zero-order valence-electron chi connectivity index (χ0n) is 11.1. The molecule has 106 valence electrons. The standard InChI is InChI=1S/C16H13FN2O2/c17-13-8-14(18)12-5-2-6-19-15(12)16(13)21-11-4-1-3-10(7-11)9-20/h1-8,20H,9,18H2. The Bertz CT molecular complexity index is 805. The average molecular weight is 284 g/mol. The molecule has 0 fully saturated rings. The molecule has 5 heteroatoms. The third kappa shape index (κ3) is 2.51. The fourth-order valence-electron chi connectivity index (χ4n) is 2.13. The van der Waals surface area contributed by atoms with Crippen LogP contribution in [0.15, 0.2) is 48.7 Å². The molecule has 4 nitrogen and oxygen atoms in total. The highest BCUT2D eigenvalue weighted by Crippen LogP contribution is 2.34. The zero-order valence-corrected chi connectivity index (χ0v) is 11.1. The third-order valence-corrected chi connectivity index (χ3v) is 3.13. The number of benzene rings is 2. The Hall–Kier alpha value is -2.66. The fourth-order valence-corrected chi connectivity index (χ4v) is 2.13. The molecule has 0 bridgehead atoms. The predicted octanol–water partition coefficient (Wildman–Crippen LogP) is 3.24. The fraction of sp³-hybridized carbons (Fsp3) is 0.0625. The average Bonchev–Trinajstić information content (AvgIpc) is 2.51. The van der Waals surface area contributed by atoms with Crippen molar-refractivity contribution < 1.29 is 14.2 Å². The number of hydrogen-bond donors (Lipinski definition) is 2. The minimum absolute atomic E-state index is 0.0230. The van der Waals surface area contributed by atoms with E-state index in [1.54, 1.807) is 42.6 Å². The lowest BCUT2D eigenvalue weighted by Crippen LogP contribution is -1.96. The molecule has 0 amide bonds. The monoisotopic (exact) mass is 284 g/mol. The number of fused-ring (bicyclic) bond motifs is 1. The lowest BCUT2D eigenvalue weighted by Gasteiger charge is -2.11. The molecule has 2 aromatic carbocycles. The first-order valence-electron chi connectivity index (χ1n) is 6.39. The lowest BCUT2D eigenvalue weighted by atomic mass is 10.1. The Morgan fingerprint density at radius 2 is 2.05 bits per heavy atom. The van der Waals surface area contributed by atoms with E-state index < -0.39 is 5.82 Å². The van der Waals surface area contributed by atoms with E-state index in [1.807, 2.05) is 0 Å². The number of nitrogens with two attached hydrogens (primary N) is 1. The molecule has 0 radical (unpaired) electrons. The van der Waals surface area contributed by atoms with Crippen molar-refractivity contribution in [3.8, 4) is 11.5 Å². The van der Waals surface area contributed by atoms with Crippen molar-refractivity contribution in [1.82, 2.24) is 4.98 Å². The van der Waals surface area contributed by atoms with Crippen LogP contribution in [0.1, 0.15) is 5.56 Å². The number of nitrogens with zero attached hydrogens (tertiary/aromatic N) is 1. The Morgan fingerprint density at radius 1 is 1.19 bits per heavy atom. The minimum atomic E-state index is -0.576. The molecule has 3 aromatic rings. The number of hydrogen-bond acceptors (Lipinski definition) is 4. The summed E-state index contributed by atoms with van der Waals surface area (Å²) in [5, 5.41) is 9.76. The van der Waals surface area contributed by atoms with E-state index in [2.05, 4.69) is 4.98 Å². The molecule has 0 atom stereocenters. The number of pyridine rings is 1. The summed E-state index contributed by atoms with van der Waals surface area (Å²) < 4.78 is 19.8. The maximum Gasteiger partial charge on any atom is 0.189 e. The summed E-state index contributed by atoms with van der Waals surface area (Å²) in [6, 6.07) is 11.5. The van der Waals surface area contributed by atoms with E-state index in [-0.39, 0.29) is 12.4 Å². The highest BCUT2D eigenvalue weighted by atomic mass is 19.1. The van der Waals surface area contributed by atoms with Gasteiger partial charge in [0.2, 0.25) is 0 Å². The van der Waals surface area contributed by atoms with Crippen molar-refractivity contribution >= 4 is 16.6 Å². The van der Waals surface area contributed by atoms with Crippen molar-refractivity contribution in [2.75, 3.05) is 5.73 Å². The molecule has 0 saturated heterocycles. The summed E-state index contributed by atoms with van der Waals surface area (Å²) in [5.41, 5.74) is 7.15. The van der Waals surface area contributed by atoms with Crippen LogP contribution in [0.2, 0.25) is 0 Å². The van der Waals surface area contributed by atoms with Crippen molar-refractivity contribution in [2.24, 2.45) is 0 Å². The van der Waals surface area contributed by atoms with Gasteiger partial charge in [-0.3, -0.25) is 4.98 Å². The summed E-state index contributed by atoms with van der Waals surface area (Å²) in [5.74, 6) is -0.125. The Morgan fingerprint density at radius 3 is 2.86 bits per heavy atom. The molecule has 0 spiro atoms. The van der Waals surface area contributed by atoms with Crippen LogP contribution in [0.4, 0.5) is 10.1 Å². The molecule has 0 aliphatic rings. The van der Waals surface area contributed by atoms with Gasteiger partial charge < -0.3 is 15.6 Å². The zero-order chi connectivity index (χ0) is 14.8. The van der Waals surface area contributed by atoms with E-state index in [9.17, 15) is 4.39 Å². The third-order valence-electron chi connectivity index (χ3n) is 3.13. The molecular weight excluding hydrogens is 271 g/mol. The van der Waals surface area contributed by atoms with Gasteiger partial charge >= 0.3 is 0 Å². The molecule has 21 heavy (non-hydrogen) atoms. The van der Waals surface area contributed by atoms with Crippen LogP contribution in [-0.4, -0.2) is 10.1 Å². The van der Waals surface area contributed by atoms with E-state index >= 15 is 0 Å². The number of anilines is 1. The molecule has 1 heterocycles. The van der Waals surface area contributed by atoms with E-state index in [0.29, 0.717) is 27.9 Å². The van der Waals surface area contributed by atoms with Crippen LogP contribution in [0.5, 0.6) is 11.5 Å². The van der Waals surface area contributed by atoms with Crippen LogP contribution in [0.3, 0.4) is 0 Å². The van der Waals surface area contributed by atoms with Crippen LogP contribution in [0.25, 0.3) is 10.9 Å². The van der Waals surface area contributed by atoms with Crippen molar-refractivity contribution in [1.29, 1.82) is 0 Å². The van der Waals surface area contributed by atoms with Gasteiger partial charge in [0.15, 0.2) is 11.6 Å². The van der Waals surface area contributed by atoms with Crippen molar-refractivity contribution in [2.45, 2.75) is 6.61 Å². The number of halogens is 1. The Labute approximate surface area is 120 Å². The van der Waals surface area contributed by atoms with Crippen LogP contribution in [0, 0.1) is 5.82 Å². The van der Waals surface area contributed by atoms with Gasteiger partial charge in [0, 0.05) is 23.3 Å². The summed E-state index contributed by atoms with van der Waals surface area (Å²) >= 11 is 0. The first kappa shape index (κ1) is 13.3. The van der Waals surface area contributed by atoms with E-state index in [1.165, 1.54) is 6.07 Å². The molecule has 0 unspecified atom stereocenters. The molecule has 0 saturated carbocycles. The normalized spacial score (nSPS) is 10.8. The summed E-state index contributed by atoms with van der Waals surface area (Å²) in [6.45, 7) is -0.111. The second-order valence-corrected chi connectivity index (χ2v) is 4.58. The Balaban J connectivity index is 2.11. The van der Waals surface area contributed by atoms with Gasteiger partial charge in [0.1, 0.15) is 11.3 Å². The molecule has 0 aliphatic heterocycles. The quantitative estimate of drug-likeness (QED) is 0.724. The molecule has 3 rings (SSSR count). The lowest BCUT2D eigenvalue weighted by molar-refractivity contribution is 0.281. The van der Waals surface area contributed by atoms with Gasteiger partial charge in [0.25, 0.3) is 0 Å². The highest BCUT2D eigenvalue weighted by molar-refractivity contribution is 5.94. The van der Waals surface area contributed by atoms with Gasteiger partial charge in [-0.1, -0.05) is 12.1 Å². The predicted molar refractivity (Wildman–Crippen MR) is 78.6 cm³/mol. The number of aliphatic hydroxyl groups is 1. The second kappa shape index (κ2) is 5.38. The van der Waals surface area contributed by atoms with Gasteiger partial charge in [-0.25, -0.2) is 4.39 Å². The SMILES string of the molecule is Nc1cc(F)c(Oc2cccc(CO)c2)c2ncccc12. The molecule has 0 aliphatic carbocycles. The van der Waals surface area contributed by atoms with E-state index in [4.69, 9.17) is 15.6 Å². The molecular formula is C16H13FN2O2. The van der Waals surface area contributed by atoms with Crippen molar-refractivity contribution in [3.05, 3.63) is 60.0 Å². The van der Waals surface area contributed by atoms with Crippen LogP contribution >= 0.6 is 0 Å². The van der Waals surface area contributed by atoms with Crippen molar-refractivity contribution in [3.63, 3.8) is 0 Å². The number of aliphatic hydroxyl groups excluding tert-OH is 1. The van der Waals surface area contributed by atoms with E-state index in [0.717, 1.165) is 0 Å². The summed E-state index contributed by atoms with van der Waals surface area (Å²) in [6.07, 6.45) is 1.55. The van der Waals surface area contributed by atoms with Gasteiger partial charge in [-0.05, 0) is 29.8 Å². The largest absolute Gasteiger partial charge is 0.452 e. The Kier molecular flexibility index (Phi) is 3.41. The minimum Gasteiger partial charge on any atom is -0.452 e. The number of rotatable bonds is 3. The smallest absolute Gasteiger partial charge is 0.189 e. The van der Waals surface area contributed by atoms with Gasteiger partial charge in [0.05, 0.1) is 6.61 Å². The molecule has 3 N–H and O–H groups in total.